The lowest BCUT2D eigenvalue weighted by Gasteiger charge is -2.01. The second-order valence-electron chi connectivity index (χ2n) is 4.43. The number of benzene rings is 1. The highest BCUT2D eigenvalue weighted by atomic mass is 15.3. The predicted octanol–water partition coefficient (Wildman–Crippen LogP) is 1.89. The number of imidazole rings is 1. The van der Waals surface area contributed by atoms with Crippen LogP contribution in [0.3, 0.4) is 0 Å². The summed E-state index contributed by atoms with van der Waals surface area (Å²) in [6.45, 7) is 3.90. The molecule has 2 aromatic rings. The largest absolute Gasteiger partial charge is 0.354 e. The van der Waals surface area contributed by atoms with Gasteiger partial charge in [0.1, 0.15) is 0 Å². The van der Waals surface area contributed by atoms with Gasteiger partial charge in [-0.2, -0.15) is 0 Å². The van der Waals surface area contributed by atoms with Gasteiger partial charge < -0.3 is 10.3 Å². The summed E-state index contributed by atoms with van der Waals surface area (Å²) in [7, 11) is 0. The molecule has 1 aliphatic heterocycles. The molecule has 18 heavy (non-hydrogen) atoms. The molecule has 0 unspecified atom stereocenters. The molecular formula is C13H17N5. The second kappa shape index (κ2) is 4.68. The van der Waals surface area contributed by atoms with Gasteiger partial charge in [0.2, 0.25) is 5.95 Å². The smallest absolute Gasteiger partial charge is 0.208 e. The molecule has 1 aromatic heterocycles. The van der Waals surface area contributed by atoms with Crippen LogP contribution in [-0.2, 0) is 6.42 Å². The van der Waals surface area contributed by atoms with E-state index in [0.717, 1.165) is 48.9 Å². The summed E-state index contributed by atoms with van der Waals surface area (Å²) in [4.78, 5) is 12.2. The zero-order valence-corrected chi connectivity index (χ0v) is 10.5. The summed E-state index contributed by atoms with van der Waals surface area (Å²) in [5, 5.41) is 6.34. The lowest BCUT2D eigenvalue weighted by molar-refractivity contribution is 0.927. The summed E-state index contributed by atoms with van der Waals surface area (Å²) >= 11 is 0. The van der Waals surface area contributed by atoms with Crippen LogP contribution in [0, 0.1) is 0 Å². The Hall–Kier alpha value is -2.04. The molecule has 0 amide bonds. The van der Waals surface area contributed by atoms with Crippen LogP contribution in [0.4, 0.5) is 5.95 Å². The van der Waals surface area contributed by atoms with Gasteiger partial charge in [-0.15, -0.1) is 0 Å². The molecule has 0 spiro atoms. The molecule has 0 radical (unpaired) electrons. The number of nitrogens with one attached hydrogen (secondary N) is 3. The maximum absolute atomic E-state index is 4.61. The molecule has 0 aliphatic carbocycles. The van der Waals surface area contributed by atoms with Crippen molar-refractivity contribution in [1.29, 1.82) is 0 Å². The lowest BCUT2D eigenvalue weighted by atomic mass is 10.1. The highest BCUT2D eigenvalue weighted by molar-refractivity contribution is 5.94. The van der Waals surface area contributed by atoms with Gasteiger partial charge in [0, 0.05) is 6.54 Å². The van der Waals surface area contributed by atoms with Gasteiger partial charge in [-0.3, -0.25) is 10.3 Å². The summed E-state index contributed by atoms with van der Waals surface area (Å²) in [5.41, 5.74) is 3.42. The van der Waals surface area contributed by atoms with Crippen LogP contribution in [0.1, 0.15) is 18.9 Å². The van der Waals surface area contributed by atoms with Gasteiger partial charge in [-0.1, -0.05) is 25.5 Å². The predicted molar refractivity (Wildman–Crippen MR) is 74.0 cm³/mol. The van der Waals surface area contributed by atoms with E-state index in [1.165, 1.54) is 5.56 Å². The first kappa shape index (κ1) is 11.1. The van der Waals surface area contributed by atoms with E-state index < -0.39 is 0 Å². The third-order valence-corrected chi connectivity index (χ3v) is 3.03. The number of aromatic nitrogens is 2. The van der Waals surface area contributed by atoms with Gasteiger partial charge >= 0.3 is 0 Å². The van der Waals surface area contributed by atoms with E-state index in [1.54, 1.807) is 0 Å². The highest BCUT2D eigenvalue weighted by Gasteiger charge is 2.10. The lowest BCUT2D eigenvalue weighted by Crippen LogP contribution is -2.26. The Morgan fingerprint density at radius 1 is 1.39 bits per heavy atom. The monoisotopic (exact) mass is 243 g/mol. The zero-order chi connectivity index (χ0) is 12.4. The molecule has 3 N–H and O–H groups in total. The first-order chi connectivity index (χ1) is 8.86. The molecule has 3 rings (SSSR count). The summed E-state index contributed by atoms with van der Waals surface area (Å²) in [6, 6.07) is 6.26. The topological polar surface area (TPSA) is 65.1 Å². The van der Waals surface area contributed by atoms with Gasteiger partial charge in [0.05, 0.1) is 17.6 Å². The number of aromatic amines is 1. The Labute approximate surface area is 106 Å². The minimum absolute atomic E-state index is 0.752. The quantitative estimate of drug-likeness (QED) is 0.771. The Bertz CT molecular complexity index is 584. The van der Waals surface area contributed by atoms with Crippen LogP contribution < -0.4 is 10.6 Å². The molecule has 1 aliphatic rings. The number of rotatable bonds is 3. The van der Waals surface area contributed by atoms with Crippen LogP contribution in [-0.4, -0.2) is 29.0 Å². The van der Waals surface area contributed by atoms with Crippen molar-refractivity contribution in [3.05, 3.63) is 23.8 Å². The number of anilines is 1. The van der Waals surface area contributed by atoms with E-state index in [0.29, 0.717) is 0 Å². The maximum Gasteiger partial charge on any atom is 0.208 e. The van der Waals surface area contributed by atoms with Crippen molar-refractivity contribution in [2.24, 2.45) is 4.99 Å². The molecule has 1 aromatic carbocycles. The van der Waals surface area contributed by atoms with Crippen LogP contribution in [0.15, 0.2) is 23.2 Å². The number of fused-ring (bicyclic) bond motifs is 1. The molecule has 94 valence electrons. The van der Waals surface area contributed by atoms with Crippen molar-refractivity contribution in [3.63, 3.8) is 0 Å². The number of hydrogen-bond donors (Lipinski definition) is 3. The third kappa shape index (κ3) is 2.03. The molecule has 5 heteroatoms. The van der Waals surface area contributed by atoms with Crippen LogP contribution in [0.2, 0.25) is 0 Å². The fraction of sp³-hybridized carbons (Fsp3) is 0.385. The summed E-state index contributed by atoms with van der Waals surface area (Å²) in [6.07, 6.45) is 2.18. The average Bonchev–Trinajstić information content (AvgIpc) is 2.99. The molecule has 0 atom stereocenters. The summed E-state index contributed by atoms with van der Waals surface area (Å²) < 4.78 is 0. The van der Waals surface area contributed by atoms with E-state index in [9.17, 15) is 0 Å². The minimum atomic E-state index is 0.752. The molecule has 2 heterocycles. The number of nitrogens with zero attached hydrogens (tertiary/aromatic N) is 2. The number of H-pyrrole nitrogens is 1. The van der Waals surface area contributed by atoms with E-state index in [2.05, 4.69) is 50.7 Å². The Kier molecular flexibility index (Phi) is 2.88. The van der Waals surface area contributed by atoms with Gasteiger partial charge in [-0.25, -0.2) is 4.98 Å². The second-order valence-corrected chi connectivity index (χ2v) is 4.43. The molecule has 0 saturated carbocycles. The third-order valence-electron chi connectivity index (χ3n) is 3.03. The number of aliphatic imine (C=N–C) groups is 1. The number of guanidine groups is 1. The molecular weight excluding hydrogens is 226 g/mol. The zero-order valence-electron chi connectivity index (χ0n) is 10.5. The highest BCUT2D eigenvalue weighted by Crippen LogP contribution is 2.19. The first-order valence-corrected chi connectivity index (χ1v) is 6.40. The summed E-state index contributed by atoms with van der Waals surface area (Å²) in [5.74, 6) is 1.55. The van der Waals surface area contributed by atoms with E-state index in [1.807, 2.05) is 0 Å². The van der Waals surface area contributed by atoms with E-state index in [4.69, 9.17) is 0 Å². The molecule has 5 nitrogen and oxygen atoms in total. The Balaban J connectivity index is 1.92. The van der Waals surface area contributed by atoms with Gasteiger partial charge in [0.15, 0.2) is 5.96 Å². The molecule has 0 saturated heterocycles. The van der Waals surface area contributed by atoms with Gasteiger partial charge in [-0.05, 0) is 18.1 Å². The van der Waals surface area contributed by atoms with E-state index >= 15 is 0 Å². The van der Waals surface area contributed by atoms with Crippen LogP contribution >= 0.6 is 0 Å². The van der Waals surface area contributed by atoms with E-state index in [-0.39, 0.29) is 0 Å². The van der Waals surface area contributed by atoms with Crippen molar-refractivity contribution in [2.75, 3.05) is 18.4 Å². The number of para-hydroxylation sites is 1. The molecule has 0 fully saturated rings. The average molecular weight is 243 g/mol. The fourth-order valence-electron chi connectivity index (χ4n) is 2.22. The number of aryl methyl sites for hydroxylation is 1. The SMILES string of the molecule is CCCc1cccc2[nH]c(NC3=NCCN3)nc12. The van der Waals surface area contributed by atoms with Crippen LogP contribution in [0.25, 0.3) is 11.0 Å². The van der Waals surface area contributed by atoms with Crippen LogP contribution in [0.5, 0.6) is 0 Å². The van der Waals surface area contributed by atoms with Crippen molar-refractivity contribution in [2.45, 2.75) is 19.8 Å². The normalized spacial score (nSPS) is 14.6. The maximum atomic E-state index is 4.61. The number of hydrogen-bond acceptors (Lipinski definition) is 4. The van der Waals surface area contributed by atoms with Crippen molar-refractivity contribution in [1.82, 2.24) is 15.3 Å². The molecule has 0 bridgehead atoms. The Morgan fingerprint density at radius 3 is 3.11 bits per heavy atom. The first-order valence-electron chi connectivity index (χ1n) is 6.40. The van der Waals surface area contributed by atoms with Gasteiger partial charge in [0.25, 0.3) is 0 Å². The Morgan fingerprint density at radius 2 is 2.33 bits per heavy atom. The van der Waals surface area contributed by atoms with Crippen molar-refractivity contribution in [3.8, 4) is 0 Å². The minimum Gasteiger partial charge on any atom is -0.354 e. The standard InChI is InChI=1S/C13H17N5/c1-2-4-9-5-3-6-10-11(9)17-13(16-10)18-12-14-7-8-15-12/h3,5-6H,2,4,7-8H2,1H3,(H3,14,15,16,17,18). The van der Waals surface area contributed by atoms with Crippen molar-refractivity contribution < 1.29 is 0 Å². The fourth-order valence-corrected chi connectivity index (χ4v) is 2.22. The van der Waals surface area contributed by atoms with Crippen molar-refractivity contribution >= 4 is 22.9 Å².